The summed E-state index contributed by atoms with van der Waals surface area (Å²) in [5.41, 5.74) is 0.719. The number of amides is 1. The van der Waals surface area contributed by atoms with Crippen LogP contribution in [0, 0.1) is 0 Å². The molecule has 14 heavy (non-hydrogen) atoms. The summed E-state index contributed by atoms with van der Waals surface area (Å²) in [7, 11) is 1.71. The van der Waals surface area contributed by atoms with Crippen LogP contribution in [0.15, 0.2) is 24.3 Å². The fourth-order valence-corrected chi connectivity index (χ4v) is 1.08. The fraction of sp³-hybridized carbons (Fsp3) is 0.300. The van der Waals surface area contributed by atoms with Crippen molar-refractivity contribution in [1.29, 1.82) is 0 Å². The Labute approximate surface area is 82.9 Å². The van der Waals surface area contributed by atoms with Gasteiger partial charge in [-0.25, -0.2) is 0 Å². The predicted octanol–water partition coefficient (Wildman–Crippen LogP) is 0.228. The van der Waals surface area contributed by atoms with Crippen LogP contribution in [0.4, 0.5) is 0 Å². The minimum absolute atomic E-state index is 0.0873. The average Bonchev–Trinajstić information content (AvgIpc) is 2.17. The molecule has 0 fully saturated rings. The normalized spacial score (nSPS) is 9.79. The number of rotatable bonds is 4. The summed E-state index contributed by atoms with van der Waals surface area (Å²) >= 11 is 0. The topological polar surface area (TPSA) is 61.4 Å². The molecule has 0 radical (unpaired) electrons. The van der Waals surface area contributed by atoms with E-state index >= 15 is 0 Å². The highest BCUT2D eigenvalue weighted by molar-refractivity contribution is 5.77. The second-order valence-corrected chi connectivity index (χ2v) is 2.94. The van der Waals surface area contributed by atoms with Crippen molar-refractivity contribution in [1.82, 2.24) is 10.6 Å². The lowest BCUT2D eigenvalue weighted by Gasteiger charge is -2.06. The number of phenolic OH excluding ortho intramolecular Hbond substituents is 1. The molecule has 0 heterocycles. The maximum Gasteiger partial charge on any atom is 0.234 e. The third-order valence-electron chi connectivity index (χ3n) is 1.80. The monoisotopic (exact) mass is 194 g/mol. The van der Waals surface area contributed by atoms with Gasteiger partial charge in [0.1, 0.15) is 5.75 Å². The van der Waals surface area contributed by atoms with Crippen LogP contribution in [0.25, 0.3) is 0 Å². The maximum atomic E-state index is 11.1. The molecule has 0 bridgehead atoms. The summed E-state index contributed by atoms with van der Waals surface area (Å²) in [5, 5.41) is 14.8. The molecule has 0 aromatic heterocycles. The van der Waals surface area contributed by atoms with Gasteiger partial charge in [0.15, 0.2) is 0 Å². The quantitative estimate of drug-likeness (QED) is 0.643. The van der Waals surface area contributed by atoms with Crippen LogP contribution in [-0.4, -0.2) is 24.6 Å². The van der Waals surface area contributed by atoms with Gasteiger partial charge in [0.05, 0.1) is 6.54 Å². The molecule has 1 rings (SSSR count). The van der Waals surface area contributed by atoms with Crippen molar-refractivity contribution in [2.75, 3.05) is 13.6 Å². The first kappa shape index (κ1) is 10.5. The third kappa shape index (κ3) is 3.06. The number of para-hydroxylation sites is 1. The molecule has 76 valence electrons. The molecule has 3 N–H and O–H groups in total. The van der Waals surface area contributed by atoms with E-state index in [1.807, 2.05) is 6.07 Å². The molecule has 0 atom stereocenters. The van der Waals surface area contributed by atoms with E-state index in [1.165, 1.54) is 0 Å². The number of phenols is 1. The lowest BCUT2D eigenvalue weighted by atomic mass is 10.2. The van der Waals surface area contributed by atoms with Gasteiger partial charge in [0.25, 0.3) is 0 Å². The molecule has 0 saturated carbocycles. The largest absolute Gasteiger partial charge is 0.508 e. The van der Waals surface area contributed by atoms with E-state index < -0.39 is 0 Å². The van der Waals surface area contributed by atoms with Gasteiger partial charge in [-0.1, -0.05) is 18.2 Å². The first-order valence-corrected chi connectivity index (χ1v) is 4.42. The molecule has 1 aromatic carbocycles. The van der Waals surface area contributed by atoms with E-state index in [2.05, 4.69) is 10.6 Å². The Kier molecular flexibility index (Phi) is 3.94. The van der Waals surface area contributed by atoms with Gasteiger partial charge in [-0.15, -0.1) is 0 Å². The van der Waals surface area contributed by atoms with E-state index in [-0.39, 0.29) is 18.2 Å². The van der Waals surface area contributed by atoms with Crippen LogP contribution >= 0.6 is 0 Å². The highest BCUT2D eigenvalue weighted by atomic mass is 16.3. The zero-order valence-electron chi connectivity index (χ0n) is 8.08. The molecule has 0 unspecified atom stereocenters. The number of carbonyl (C=O) groups excluding carboxylic acids is 1. The van der Waals surface area contributed by atoms with Crippen molar-refractivity contribution in [2.45, 2.75) is 6.54 Å². The van der Waals surface area contributed by atoms with E-state index in [0.717, 1.165) is 5.56 Å². The lowest BCUT2D eigenvalue weighted by molar-refractivity contribution is -0.120. The average molecular weight is 194 g/mol. The van der Waals surface area contributed by atoms with Crippen molar-refractivity contribution in [3.63, 3.8) is 0 Å². The summed E-state index contributed by atoms with van der Waals surface area (Å²) in [5.74, 6) is 0.119. The number of nitrogens with one attached hydrogen (secondary N) is 2. The van der Waals surface area contributed by atoms with Gasteiger partial charge in [0, 0.05) is 12.1 Å². The Morgan fingerprint density at radius 2 is 2.14 bits per heavy atom. The Morgan fingerprint density at radius 3 is 2.79 bits per heavy atom. The molecule has 0 spiro atoms. The molecule has 0 saturated heterocycles. The summed E-state index contributed by atoms with van der Waals surface area (Å²) in [6, 6.07) is 6.93. The number of benzene rings is 1. The smallest absolute Gasteiger partial charge is 0.234 e. The Morgan fingerprint density at radius 1 is 1.43 bits per heavy atom. The van der Waals surface area contributed by atoms with Crippen molar-refractivity contribution < 1.29 is 9.90 Å². The van der Waals surface area contributed by atoms with Crippen LogP contribution in [0.5, 0.6) is 5.75 Å². The number of hydrogen-bond donors (Lipinski definition) is 3. The highest BCUT2D eigenvalue weighted by Gasteiger charge is 2.01. The Hall–Kier alpha value is -1.55. The van der Waals surface area contributed by atoms with E-state index in [1.54, 1.807) is 25.2 Å². The lowest BCUT2D eigenvalue weighted by Crippen LogP contribution is -2.31. The molecule has 0 aliphatic heterocycles. The molecule has 4 heteroatoms. The van der Waals surface area contributed by atoms with Crippen LogP contribution in [0.3, 0.4) is 0 Å². The van der Waals surface area contributed by atoms with Gasteiger partial charge in [0.2, 0.25) is 5.91 Å². The molecule has 0 aliphatic rings. The Bertz CT molecular complexity index is 313. The molecule has 1 amide bonds. The second-order valence-electron chi connectivity index (χ2n) is 2.94. The standard InChI is InChI=1S/C10H14N2O2/c1-11-7-10(14)12-6-8-4-2-3-5-9(8)13/h2-5,11,13H,6-7H2,1H3,(H,12,14). The number of carbonyl (C=O) groups is 1. The van der Waals surface area contributed by atoms with E-state index in [0.29, 0.717) is 6.54 Å². The molecular formula is C10H14N2O2. The second kappa shape index (κ2) is 5.24. The van der Waals surface area contributed by atoms with Crippen molar-refractivity contribution in [2.24, 2.45) is 0 Å². The van der Waals surface area contributed by atoms with Crippen molar-refractivity contribution >= 4 is 5.91 Å². The highest BCUT2D eigenvalue weighted by Crippen LogP contribution is 2.14. The summed E-state index contributed by atoms with van der Waals surface area (Å²) in [4.78, 5) is 11.1. The number of likely N-dealkylation sites (N-methyl/N-ethyl adjacent to an activating group) is 1. The van der Waals surface area contributed by atoms with E-state index in [4.69, 9.17) is 0 Å². The third-order valence-corrected chi connectivity index (χ3v) is 1.80. The van der Waals surface area contributed by atoms with Gasteiger partial charge in [-0.2, -0.15) is 0 Å². The maximum absolute atomic E-state index is 11.1. The summed E-state index contributed by atoms with van der Waals surface area (Å²) < 4.78 is 0. The van der Waals surface area contributed by atoms with Crippen LogP contribution in [0.1, 0.15) is 5.56 Å². The fourth-order valence-electron chi connectivity index (χ4n) is 1.08. The first-order chi connectivity index (χ1) is 6.74. The minimum Gasteiger partial charge on any atom is -0.508 e. The molecule has 4 nitrogen and oxygen atoms in total. The predicted molar refractivity (Wildman–Crippen MR) is 53.9 cm³/mol. The van der Waals surface area contributed by atoms with Crippen molar-refractivity contribution in [3.8, 4) is 5.75 Å². The van der Waals surface area contributed by atoms with Gasteiger partial charge >= 0.3 is 0 Å². The van der Waals surface area contributed by atoms with Gasteiger partial charge in [-0.3, -0.25) is 4.79 Å². The molecule has 1 aromatic rings. The van der Waals surface area contributed by atoms with Gasteiger partial charge < -0.3 is 15.7 Å². The van der Waals surface area contributed by atoms with Crippen LogP contribution in [-0.2, 0) is 11.3 Å². The number of hydrogen-bond acceptors (Lipinski definition) is 3. The first-order valence-electron chi connectivity index (χ1n) is 4.42. The zero-order chi connectivity index (χ0) is 10.4. The molecule has 0 aliphatic carbocycles. The van der Waals surface area contributed by atoms with Crippen LogP contribution < -0.4 is 10.6 Å². The minimum atomic E-state index is -0.0873. The Balaban J connectivity index is 2.46. The van der Waals surface area contributed by atoms with Crippen LogP contribution in [0.2, 0.25) is 0 Å². The zero-order valence-corrected chi connectivity index (χ0v) is 8.08. The number of aromatic hydroxyl groups is 1. The SMILES string of the molecule is CNCC(=O)NCc1ccccc1O. The summed E-state index contributed by atoms with van der Waals surface area (Å²) in [6.07, 6.45) is 0. The van der Waals surface area contributed by atoms with E-state index in [9.17, 15) is 9.90 Å². The van der Waals surface area contributed by atoms with Crippen molar-refractivity contribution in [3.05, 3.63) is 29.8 Å². The van der Waals surface area contributed by atoms with Gasteiger partial charge in [-0.05, 0) is 13.1 Å². The summed E-state index contributed by atoms with van der Waals surface area (Å²) in [6.45, 7) is 0.640. The molecular weight excluding hydrogens is 180 g/mol.